The van der Waals surface area contributed by atoms with Gasteiger partial charge in [0, 0.05) is 13.0 Å². The van der Waals surface area contributed by atoms with Crippen LogP contribution in [-0.2, 0) is 11.3 Å². The molecule has 0 spiro atoms. The fourth-order valence-electron chi connectivity index (χ4n) is 1.88. The number of hydrogen-bond donors (Lipinski definition) is 1. The SMILES string of the molecule is CC(CC(=O)O)Cn1nnnc1-c1ccc(F)c(F)c1F. The van der Waals surface area contributed by atoms with Crippen LogP contribution in [0.25, 0.3) is 11.4 Å². The molecule has 1 heterocycles. The van der Waals surface area contributed by atoms with Gasteiger partial charge in [-0.3, -0.25) is 4.79 Å². The Hall–Kier alpha value is -2.45. The average Bonchev–Trinajstić information content (AvgIpc) is 2.83. The summed E-state index contributed by atoms with van der Waals surface area (Å²) in [5.74, 6) is -5.72. The molecule has 0 amide bonds. The van der Waals surface area contributed by atoms with Gasteiger partial charge in [-0.05, 0) is 28.5 Å². The van der Waals surface area contributed by atoms with Crippen molar-refractivity contribution in [2.45, 2.75) is 19.9 Å². The van der Waals surface area contributed by atoms with Crippen molar-refractivity contribution in [3.8, 4) is 11.4 Å². The Balaban J connectivity index is 2.33. The lowest BCUT2D eigenvalue weighted by atomic mass is 10.1. The summed E-state index contributed by atoms with van der Waals surface area (Å²) in [5.41, 5.74) is -0.290. The molecule has 0 bridgehead atoms. The summed E-state index contributed by atoms with van der Waals surface area (Å²) in [6.07, 6.45) is -0.125. The zero-order valence-corrected chi connectivity index (χ0v) is 10.9. The fourth-order valence-corrected chi connectivity index (χ4v) is 1.88. The third-order valence-corrected chi connectivity index (χ3v) is 2.82. The quantitative estimate of drug-likeness (QED) is 0.853. The topological polar surface area (TPSA) is 80.9 Å². The summed E-state index contributed by atoms with van der Waals surface area (Å²) in [7, 11) is 0. The maximum Gasteiger partial charge on any atom is 0.303 e. The Morgan fingerprint density at radius 3 is 2.71 bits per heavy atom. The molecular weight excluding hydrogens is 289 g/mol. The Bertz CT molecular complexity index is 675. The van der Waals surface area contributed by atoms with E-state index in [9.17, 15) is 18.0 Å². The Labute approximate surface area is 117 Å². The first-order chi connectivity index (χ1) is 9.90. The molecule has 0 saturated heterocycles. The summed E-state index contributed by atoms with van der Waals surface area (Å²) < 4.78 is 41.1. The van der Waals surface area contributed by atoms with Gasteiger partial charge >= 0.3 is 5.97 Å². The van der Waals surface area contributed by atoms with Crippen molar-refractivity contribution in [1.29, 1.82) is 0 Å². The van der Waals surface area contributed by atoms with E-state index >= 15 is 0 Å². The molecule has 0 saturated carbocycles. The van der Waals surface area contributed by atoms with Gasteiger partial charge in [-0.2, -0.15) is 0 Å². The molecule has 0 fully saturated rings. The predicted molar refractivity (Wildman–Crippen MR) is 64.5 cm³/mol. The van der Waals surface area contributed by atoms with Crippen LogP contribution >= 0.6 is 0 Å². The minimum atomic E-state index is -1.61. The van der Waals surface area contributed by atoms with Gasteiger partial charge in [-0.15, -0.1) is 5.10 Å². The number of hydrogen-bond acceptors (Lipinski definition) is 4. The molecule has 21 heavy (non-hydrogen) atoms. The second kappa shape index (κ2) is 5.90. The molecule has 1 atom stereocenters. The van der Waals surface area contributed by atoms with E-state index in [1.54, 1.807) is 6.92 Å². The molecule has 6 nitrogen and oxygen atoms in total. The highest BCUT2D eigenvalue weighted by Crippen LogP contribution is 2.24. The van der Waals surface area contributed by atoms with E-state index in [0.29, 0.717) is 0 Å². The van der Waals surface area contributed by atoms with Gasteiger partial charge in [0.15, 0.2) is 23.3 Å². The fraction of sp³-hybridized carbons (Fsp3) is 0.333. The molecule has 0 radical (unpaired) electrons. The Morgan fingerprint density at radius 2 is 2.05 bits per heavy atom. The molecule has 0 aliphatic heterocycles. The lowest BCUT2D eigenvalue weighted by Crippen LogP contribution is -2.14. The second-order valence-electron chi connectivity index (χ2n) is 4.61. The first-order valence-corrected chi connectivity index (χ1v) is 6.02. The third-order valence-electron chi connectivity index (χ3n) is 2.82. The summed E-state index contributed by atoms with van der Waals surface area (Å²) in [4.78, 5) is 10.6. The van der Waals surface area contributed by atoms with Crippen molar-refractivity contribution in [1.82, 2.24) is 20.2 Å². The van der Waals surface area contributed by atoms with E-state index in [1.807, 2.05) is 0 Å². The molecule has 2 aromatic rings. The number of nitrogens with zero attached hydrogens (tertiary/aromatic N) is 4. The van der Waals surface area contributed by atoms with Gasteiger partial charge in [0.1, 0.15) is 0 Å². The molecule has 1 N–H and O–H groups in total. The number of carboxylic acids is 1. The average molecular weight is 300 g/mol. The van der Waals surface area contributed by atoms with Crippen molar-refractivity contribution in [2.24, 2.45) is 5.92 Å². The van der Waals surface area contributed by atoms with Crippen LogP contribution in [0.1, 0.15) is 13.3 Å². The number of halogens is 3. The summed E-state index contributed by atoms with van der Waals surface area (Å²) >= 11 is 0. The van der Waals surface area contributed by atoms with Crippen LogP contribution in [-0.4, -0.2) is 31.3 Å². The maximum absolute atomic E-state index is 13.7. The van der Waals surface area contributed by atoms with Crippen LogP contribution in [0.4, 0.5) is 13.2 Å². The zero-order valence-electron chi connectivity index (χ0n) is 10.9. The standard InChI is InChI=1S/C12H11F3N4O2/c1-6(4-9(20)21)5-19-12(16-17-18-19)7-2-3-8(13)11(15)10(7)14/h2-3,6H,4-5H2,1H3,(H,20,21). The smallest absolute Gasteiger partial charge is 0.303 e. The van der Waals surface area contributed by atoms with E-state index in [2.05, 4.69) is 15.5 Å². The van der Waals surface area contributed by atoms with Crippen LogP contribution in [0.5, 0.6) is 0 Å². The van der Waals surface area contributed by atoms with Crippen LogP contribution in [0.3, 0.4) is 0 Å². The lowest BCUT2D eigenvalue weighted by molar-refractivity contribution is -0.138. The van der Waals surface area contributed by atoms with Gasteiger partial charge in [0.2, 0.25) is 0 Å². The number of aromatic nitrogens is 4. The first-order valence-electron chi connectivity index (χ1n) is 6.02. The molecule has 0 aliphatic carbocycles. The highest BCUT2D eigenvalue weighted by atomic mass is 19.2. The molecular formula is C12H11F3N4O2. The first kappa shape index (κ1) is 14.9. The maximum atomic E-state index is 13.7. The van der Waals surface area contributed by atoms with Crippen LogP contribution in [0.15, 0.2) is 12.1 Å². The molecule has 0 aliphatic rings. The predicted octanol–water partition coefficient (Wildman–Crippen LogP) is 1.87. The molecule has 1 aromatic carbocycles. The summed E-state index contributed by atoms with van der Waals surface area (Å²) in [5, 5.41) is 19.2. The Morgan fingerprint density at radius 1 is 1.33 bits per heavy atom. The normalized spacial score (nSPS) is 12.4. The number of carbonyl (C=O) groups is 1. The minimum Gasteiger partial charge on any atom is -0.481 e. The van der Waals surface area contributed by atoms with Crippen molar-refractivity contribution in [2.75, 3.05) is 0 Å². The number of benzene rings is 1. The van der Waals surface area contributed by atoms with E-state index in [0.717, 1.165) is 16.8 Å². The van der Waals surface area contributed by atoms with E-state index in [4.69, 9.17) is 5.11 Å². The van der Waals surface area contributed by atoms with E-state index < -0.39 is 23.4 Å². The third kappa shape index (κ3) is 3.18. The van der Waals surface area contributed by atoms with E-state index in [1.165, 1.54) is 0 Å². The van der Waals surface area contributed by atoms with Crippen molar-refractivity contribution < 1.29 is 23.1 Å². The minimum absolute atomic E-state index is 0.0939. The Kier molecular flexibility index (Phi) is 4.20. The monoisotopic (exact) mass is 300 g/mol. The van der Waals surface area contributed by atoms with Crippen molar-refractivity contribution in [3.63, 3.8) is 0 Å². The number of carboxylic acid groups (broad SMARTS) is 1. The second-order valence-corrected chi connectivity index (χ2v) is 4.61. The van der Waals surface area contributed by atoms with Crippen molar-refractivity contribution >= 4 is 5.97 Å². The van der Waals surface area contributed by atoms with Gasteiger partial charge in [0.05, 0.1) is 5.56 Å². The number of tetrazole rings is 1. The molecule has 112 valence electrons. The number of rotatable bonds is 5. The van der Waals surface area contributed by atoms with Gasteiger partial charge < -0.3 is 5.11 Å². The lowest BCUT2D eigenvalue weighted by Gasteiger charge is -2.10. The summed E-state index contributed by atoms with van der Waals surface area (Å²) in [6.45, 7) is 1.76. The van der Waals surface area contributed by atoms with E-state index in [-0.39, 0.29) is 30.3 Å². The number of aliphatic carboxylic acids is 1. The largest absolute Gasteiger partial charge is 0.481 e. The van der Waals surface area contributed by atoms with Gasteiger partial charge in [-0.1, -0.05) is 6.92 Å². The molecule has 1 unspecified atom stereocenters. The van der Waals surface area contributed by atoms with Gasteiger partial charge in [-0.25, -0.2) is 17.9 Å². The van der Waals surface area contributed by atoms with Crippen LogP contribution in [0.2, 0.25) is 0 Å². The van der Waals surface area contributed by atoms with Gasteiger partial charge in [0.25, 0.3) is 0 Å². The molecule has 1 aromatic heterocycles. The molecule has 2 rings (SSSR count). The zero-order chi connectivity index (χ0) is 15.6. The highest BCUT2D eigenvalue weighted by Gasteiger charge is 2.20. The van der Waals surface area contributed by atoms with Crippen molar-refractivity contribution in [3.05, 3.63) is 29.6 Å². The van der Waals surface area contributed by atoms with Crippen LogP contribution < -0.4 is 0 Å². The highest BCUT2D eigenvalue weighted by molar-refractivity contribution is 5.66. The summed E-state index contributed by atoms with van der Waals surface area (Å²) in [6, 6.07) is 1.80. The van der Waals surface area contributed by atoms with Crippen LogP contribution in [0, 0.1) is 23.4 Å². The molecule has 9 heteroatoms.